The maximum Gasteiger partial charge on any atom is 0.305 e. The Morgan fingerprint density at radius 1 is 1.25 bits per heavy atom. The van der Waals surface area contributed by atoms with Crippen molar-refractivity contribution in [2.24, 2.45) is 0 Å². The number of anilines is 1. The Morgan fingerprint density at radius 3 is 2.20 bits per heavy atom. The van der Waals surface area contributed by atoms with Gasteiger partial charge in [0, 0.05) is 18.8 Å². The molecule has 1 rings (SSSR count). The number of aliphatic carboxylic acids is 1. The van der Waals surface area contributed by atoms with Gasteiger partial charge in [-0.25, -0.2) is 0 Å². The van der Waals surface area contributed by atoms with E-state index in [-0.39, 0.29) is 11.8 Å². The molecule has 0 saturated carbocycles. The zero-order chi connectivity index (χ0) is 15.3. The molecule has 3 heteroatoms. The lowest BCUT2D eigenvalue weighted by Gasteiger charge is -2.26. The molecule has 0 aliphatic carbocycles. The second kappa shape index (κ2) is 6.60. The van der Waals surface area contributed by atoms with Crippen molar-refractivity contribution in [1.29, 1.82) is 0 Å². The van der Waals surface area contributed by atoms with Crippen molar-refractivity contribution in [3.63, 3.8) is 0 Å². The van der Waals surface area contributed by atoms with E-state index >= 15 is 0 Å². The smallest absolute Gasteiger partial charge is 0.305 e. The van der Waals surface area contributed by atoms with Crippen LogP contribution in [0, 0.1) is 0 Å². The highest BCUT2D eigenvalue weighted by Gasteiger charge is 2.14. The predicted octanol–water partition coefficient (Wildman–Crippen LogP) is 3.84. The Balaban J connectivity index is 2.90. The van der Waals surface area contributed by atoms with Crippen LogP contribution in [0.25, 0.3) is 0 Å². The maximum absolute atomic E-state index is 10.8. The Morgan fingerprint density at radius 2 is 1.80 bits per heavy atom. The van der Waals surface area contributed by atoms with E-state index in [1.807, 2.05) is 6.92 Å². The van der Waals surface area contributed by atoms with E-state index in [0.29, 0.717) is 13.1 Å². The molecule has 110 valence electrons. The minimum absolute atomic E-state index is 0.124. The summed E-state index contributed by atoms with van der Waals surface area (Å²) in [5.41, 5.74) is 3.46. The molecule has 0 unspecified atom stereocenters. The number of carboxylic acids is 1. The summed E-state index contributed by atoms with van der Waals surface area (Å²) >= 11 is 0. The molecule has 20 heavy (non-hydrogen) atoms. The fourth-order valence-electron chi connectivity index (χ4n) is 2.03. The fourth-order valence-corrected chi connectivity index (χ4v) is 2.03. The molecule has 0 aliphatic rings. The highest BCUT2D eigenvalue weighted by atomic mass is 16.4. The van der Waals surface area contributed by atoms with Crippen molar-refractivity contribution in [3.05, 3.63) is 42.0 Å². The Kier molecular flexibility index (Phi) is 5.37. The first-order valence-electron chi connectivity index (χ1n) is 6.92. The molecule has 1 aromatic carbocycles. The van der Waals surface area contributed by atoms with Gasteiger partial charge in [0.1, 0.15) is 0 Å². The predicted molar refractivity (Wildman–Crippen MR) is 84.4 cm³/mol. The average molecular weight is 275 g/mol. The summed E-state index contributed by atoms with van der Waals surface area (Å²) < 4.78 is 0. The van der Waals surface area contributed by atoms with Crippen LogP contribution in [0.1, 0.15) is 39.7 Å². The summed E-state index contributed by atoms with van der Waals surface area (Å²) in [6, 6.07) is 8.35. The summed E-state index contributed by atoms with van der Waals surface area (Å²) in [5.74, 6) is -0.775. The first-order chi connectivity index (χ1) is 9.20. The van der Waals surface area contributed by atoms with Crippen LogP contribution in [-0.2, 0) is 10.2 Å². The zero-order valence-electron chi connectivity index (χ0n) is 12.9. The Hall–Kier alpha value is -1.77. The van der Waals surface area contributed by atoms with E-state index < -0.39 is 5.97 Å². The second-order valence-electron chi connectivity index (χ2n) is 6.32. The largest absolute Gasteiger partial charge is 0.481 e. The van der Waals surface area contributed by atoms with Crippen LogP contribution in [0.5, 0.6) is 0 Å². The van der Waals surface area contributed by atoms with Gasteiger partial charge in [0.05, 0.1) is 6.42 Å². The monoisotopic (exact) mass is 275 g/mol. The van der Waals surface area contributed by atoms with Crippen molar-refractivity contribution in [2.45, 2.75) is 39.5 Å². The molecule has 0 heterocycles. The minimum atomic E-state index is -0.775. The molecular weight excluding hydrogens is 250 g/mol. The van der Waals surface area contributed by atoms with Crippen LogP contribution in [0.2, 0.25) is 0 Å². The van der Waals surface area contributed by atoms with Crippen molar-refractivity contribution in [2.75, 3.05) is 18.0 Å². The van der Waals surface area contributed by atoms with Crippen LogP contribution in [-0.4, -0.2) is 24.2 Å². The van der Waals surface area contributed by atoms with E-state index in [9.17, 15) is 4.79 Å². The van der Waals surface area contributed by atoms with Gasteiger partial charge < -0.3 is 10.0 Å². The van der Waals surface area contributed by atoms with Crippen LogP contribution in [0.3, 0.4) is 0 Å². The molecule has 0 saturated heterocycles. The van der Waals surface area contributed by atoms with E-state index in [4.69, 9.17) is 5.11 Å². The minimum Gasteiger partial charge on any atom is -0.481 e. The lowest BCUT2D eigenvalue weighted by atomic mass is 9.87. The average Bonchev–Trinajstić information content (AvgIpc) is 2.33. The second-order valence-corrected chi connectivity index (χ2v) is 6.32. The molecule has 3 nitrogen and oxygen atoms in total. The number of rotatable bonds is 6. The highest BCUT2D eigenvalue weighted by Crippen LogP contribution is 2.25. The number of hydrogen-bond acceptors (Lipinski definition) is 2. The zero-order valence-corrected chi connectivity index (χ0v) is 12.9. The van der Waals surface area contributed by atoms with Gasteiger partial charge in [0.15, 0.2) is 0 Å². The first-order valence-corrected chi connectivity index (χ1v) is 6.92. The summed E-state index contributed by atoms with van der Waals surface area (Å²) in [7, 11) is 0. The van der Waals surface area contributed by atoms with Gasteiger partial charge in [-0.1, -0.05) is 45.1 Å². The van der Waals surface area contributed by atoms with Crippen molar-refractivity contribution < 1.29 is 9.90 Å². The van der Waals surface area contributed by atoms with E-state index in [0.717, 1.165) is 11.3 Å². The lowest BCUT2D eigenvalue weighted by Crippen LogP contribution is -2.27. The van der Waals surface area contributed by atoms with E-state index in [1.54, 1.807) is 0 Å². The Labute approximate surface area is 121 Å². The van der Waals surface area contributed by atoms with Crippen LogP contribution in [0.15, 0.2) is 36.4 Å². The third kappa shape index (κ3) is 5.08. The van der Waals surface area contributed by atoms with Gasteiger partial charge in [-0.15, -0.1) is 0 Å². The molecule has 0 fully saturated rings. The fraction of sp³-hybridized carbons (Fsp3) is 0.471. The third-order valence-electron chi connectivity index (χ3n) is 3.15. The van der Waals surface area contributed by atoms with E-state index in [2.05, 4.69) is 56.5 Å². The van der Waals surface area contributed by atoms with Crippen LogP contribution >= 0.6 is 0 Å². The van der Waals surface area contributed by atoms with Crippen molar-refractivity contribution in [1.82, 2.24) is 0 Å². The molecule has 0 bridgehead atoms. The van der Waals surface area contributed by atoms with Gasteiger partial charge in [-0.05, 0) is 30.0 Å². The molecule has 0 aromatic heterocycles. The molecule has 0 atom stereocenters. The van der Waals surface area contributed by atoms with Crippen LogP contribution in [0.4, 0.5) is 5.69 Å². The summed E-state index contributed by atoms with van der Waals surface area (Å²) in [5, 5.41) is 8.85. The van der Waals surface area contributed by atoms with Crippen molar-refractivity contribution in [3.8, 4) is 0 Å². The van der Waals surface area contributed by atoms with Gasteiger partial charge in [-0.3, -0.25) is 4.79 Å². The Bertz CT molecular complexity index is 469. The summed E-state index contributed by atoms with van der Waals surface area (Å²) in [4.78, 5) is 12.8. The molecule has 1 aromatic rings. The molecule has 0 amide bonds. The number of benzene rings is 1. The molecule has 1 N–H and O–H groups in total. The molecular formula is C17H25NO2. The van der Waals surface area contributed by atoms with Gasteiger partial charge >= 0.3 is 5.97 Å². The normalized spacial score (nSPS) is 11.2. The highest BCUT2D eigenvalue weighted by molar-refractivity contribution is 5.67. The van der Waals surface area contributed by atoms with Gasteiger partial charge in [-0.2, -0.15) is 0 Å². The third-order valence-corrected chi connectivity index (χ3v) is 3.15. The lowest BCUT2D eigenvalue weighted by molar-refractivity contribution is -0.136. The topological polar surface area (TPSA) is 40.5 Å². The molecule has 0 aliphatic heterocycles. The number of nitrogens with zero attached hydrogens (tertiary/aromatic N) is 1. The standard InChI is InChI=1S/C17H25NO2/c1-13(2)12-18(11-10-16(19)20)15-8-6-14(7-9-15)17(3,4)5/h6-9H,1,10-12H2,2-5H3,(H,19,20). The van der Waals surface area contributed by atoms with Crippen molar-refractivity contribution >= 4 is 11.7 Å². The quantitative estimate of drug-likeness (QED) is 0.802. The number of carboxylic acid groups (broad SMARTS) is 1. The number of hydrogen-bond donors (Lipinski definition) is 1. The van der Waals surface area contributed by atoms with Gasteiger partial charge in [0.2, 0.25) is 0 Å². The summed E-state index contributed by atoms with van der Waals surface area (Å²) in [6.07, 6.45) is 0.133. The van der Waals surface area contributed by atoms with Gasteiger partial charge in [0.25, 0.3) is 0 Å². The maximum atomic E-state index is 10.8. The first kappa shape index (κ1) is 16.3. The SMILES string of the molecule is C=C(C)CN(CCC(=O)O)c1ccc(C(C)(C)C)cc1. The van der Waals surface area contributed by atoms with Crippen LogP contribution < -0.4 is 4.90 Å². The number of carbonyl (C=O) groups is 1. The van der Waals surface area contributed by atoms with E-state index in [1.165, 1.54) is 5.56 Å². The molecule has 0 radical (unpaired) electrons. The summed E-state index contributed by atoms with van der Waals surface area (Å²) in [6.45, 7) is 13.6. The molecule has 0 spiro atoms.